The van der Waals surface area contributed by atoms with E-state index in [0.717, 1.165) is 22.6 Å². The van der Waals surface area contributed by atoms with E-state index in [9.17, 15) is 4.79 Å². The zero-order chi connectivity index (χ0) is 16.7. The van der Waals surface area contributed by atoms with Gasteiger partial charge >= 0.3 is 0 Å². The quantitative estimate of drug-likeness (QED) is 0.791. The second kappa shape index (κ2) is 9.96. The third-order valence-electron chi connectivity index (χ3n) is 3.66. The summed E-state index contributed by atoms with van der Waals surface area (Å²) in [4.78, 5) is 11.8. The lowest BCUT2D eigenvalue weighted by Gasteiger charge is -2.16. The molecule has 5 heteroatoms. The highest BCUT2D eigenvalue weighted by Crippen LogP contribution is 2.26. The van der Waals surface area contributed by atoms with Crippen LogP contribution in [0.5, 0.6) is 5.75 Å². The summed E-state index contributed by atoms with van der Waals surface area (Å²) in [5.41, 5.74) is 2.95. The minimum atomic E-state index is -0.0216. The van der Waals surface area contributed by atoms with Crippen molar-refractivity contribution in [1.29, 1.82) is 0 Å². The first-order valence-corrected chi connectivity index (χ1v) is 7.87. The highest BCUT2D eigenvalue weighted by atomic mass is 35.5. The topological polar surface area (TPSA) is 50.4 Å². The molecule has 2 rings (SSSR count). The summed E-state index contributed by atoms with van der Waals surface area (Å²) in [5.74, 6) is 0.806. The number of hydrogen-bond acceptors (Lipinski definition) is 3. The fourth-order valence-corrected chi connectivity index (χ4v) is 2.30. The van der Waals surface area contributed by atoms with Gasteiger partial charge in [0.15, 0.2) is 0 Å². The Morgan fingerprint density at radius 2 is 1.88 bits per heavy atom. The minimum Gasteiger partial charge on any atom is -0.486 e. The number of halogens is 1. The zero-order valence-corrected chi connectivity index (χ0v) is 15.2. The van der Waals surface area contributed by atoms with Crippen LogP contribution in [0.25, 0.3) is 0 Å². The van der Waals surface area contributed by atoms with Crippen LogP contribution in [0, 0.1) is 6.92 Å². The van der Waals surface area contributed by atoms with Crippen molar-refractivity contribution >= 4 is 24.0 Å². The average molecular weight is 349 g/mol. The molecule has 0 spiro atoms. The first kappa shape index (κ1) is 20.0. The first-order chi connectivity index (χ1) is 11.1. The lowest BCUT2D eigenvalue weighted by molar-refractivity contribution is -0.116. The lowest BCUT2D eigenvalue weighted by atomic mass is 10.1. The van der Waals surface area contributed by atoms with Crippen molar-refractivity contribution in [3.8, 4) is 5.75 Å². The van der Waals surface area contributed by atoms with Crippen molar-refractivity contribution in [2.24, 2.45) is 0 Å². The van der Waals surface area contributed by atoms with E-state index in [-0.39, 0.29) is 24.4 Å². The maximum atomic E-state index is 11.8. The summed E-state index contributed by atoms with van der Waals surface area (Å²) < 4.78 is 5.98. The SMILES string of the molecule is CNCCC(=O)Nc1ccc(OC(C)c2ccccc2)cc1C.Cl. The van der Waals surface area contributed by atoms with E-state index in [1.807, 2.05) is 69.4 Å². The number of amides is 1. The molecule has 0 aliphatic rings. The van der Waals surface area contributed by atoms with Crippen molar-refractivity contribution in [3.05, 3.63) is 59.7 Å². The molecule has 1 atom stereocenters. The van der Waals surface area contributed by atoms with Gasteiger partial charge in [-0.2, -0.15) is 0 Å². The lowest BCUT2D eigenvalue weighted by Crippen LogP contribution is -2.19. The van der Waals surface area contributed by atoms with Crippen molar-refractivity contribution in [2.45, 2.75) is 26.4 Å². The Morgan fingerprint density at radius 3 is 2.50 bits per heavy atom. The molecule has 2 aromatic rings. The highest BCUT2D eigenvalue weighted by Gasteiger charge is 2.09. The van der Waals surface area contributed by atoms with Gasteiger partial charge in [0.1, 0.15) is 11.9 Å². The van der Waals surface area contributed by atoms with Crippen LogP contribution >= 0.6 is 12.4 Å². The maximum Gasteiger partial charge on any atom is 0.225 e. The van der Waals surface area contributed by atoms with Gasteiger partial charge in [0, 0.05) is 18.7 Å². The maximum absolute atomic E-state index is 11.8. The second-order valence-corrected chi connectivity index (χ2v) is 5.55. The molecule has 0 aliphatic heterocycles. The van der Waals surface area contributed by atoms with Gasteiger partial charge in [-0.1, -0.05) is 30.3 Å². The summed E-state index contributed by atoms with van der Waals surface area (Å²) >= 11 is 0. The van der Waals surface area contributed by atoms with Crippen LogP contribution in [0.1, 0.15) is 30.6 Å². The zero-order valence-electron chi connectivity index (χ0n) is 14.3. The fraction of sp³-hybridized carbons (Fsp3) is 0.316. The average Bonchev–Trinajstić information content (AvgIpc) is 2.56. The number of hydrogen-bond donors (Lipinski definition) is 2. The van der Waals surface area contributed by atoms with Crippen molar-refractivity contribution in [2.75, 3.05) is 18.9 Å². The van der Waals surface area contributed by atoms with Crippen LogP contribution in [-0.2, 0) is 4.79 Å². The van der Waals surface area contributed by atoms with E-state index in [1.165, 1.54) is 0 Å². The van der Waals surface area contributed by atoms with Gasteiger partial charge in [-0.3, -0.25) is 4.79 Å². The number of rotatable bonds is 7. The molecule has 0 bridgehead atoms. The van der Waals surface area contributed by atoms with Crippen molar-refractivity contribution in [1.82, 2.24) is 5.32 Å². The molecule has 0 radical (unpaired) electrons. The molecule has 130 valence electrons. The molecule has 1 amide bonds. The smallest absolute Gasteiger partial charge is 0.225 e. The summed E-state index contributed by atoms with van der Waals surface area (Å²) in [6.07, 6.45) is 0.436. The van der Waals surface area contributed by atoms with E-state index in [0.29, 0.717) is 13.0 Å². The van der Waals surface area contributed by atoms with E-state index >= 15 is 0 Å². The van der Waals surface area contributed by atoms with Crippen molar-refractivity contribution < 1.29 is 9.53 Å². The predicted octanol–water partition coefficient (Wildman–Crippen LogP) is 4.10. The Hall–Kier alpha value is -2.04. The van der Waals surface area contributed by atoms with Gasteiger partial charge in [-0.25, -0.2) is 0 Å². The van der Waals surface area contributed by atoms with Crippen LogP contribution in [0.2, 0.25) is 0 Å². The normalized spacial score (nSPS) is 11.3. The summed E-state index contributed by atoms with van der Waals surface area (Å²) in [5, 5.41) is 5.89. The number of anilines is 1. The molecule has 24 heavy (non-hydrogen) atoms. The molecule has 0 fully saturated rings. The van der Waals surface area contributed by atoms with Crippen LogP contribution in [0.3, 0.4) is 0 Å². The summed E-state index contributed by atoms with van der Waals surface area (Å²) in [6.45, 7) is 4.66. The Bertz CT molecular complexity index is 647. The molecule has 4 nitrogen and oxygen atoms in total. The van der Waals surface area contributed by atoms with Gasteiger partial charge in [0.2, 0.25) is 5.91 Å². The number of carbonyl (C=O) groups excluding carboxylic acids is 1. The van der Waals surface area contributed by atoms with Gasteiger partial charge in [0.25, 0.3) is 0 Å². The first-order valence-electron chi connectivity index (χ1n) is 7.87. The number of carbonyl (C=O) groups is 1. The van der Waals surface area contributed by atoms with Gasteiger partial charge in [-0.15, -0.1) is 12.4 Å². The number of benzene rings is 2. The summed E-state index contributed by atoms with van der Waals surface area (Å²) in [6, 6.07) is 15.8. The molecule has 2 N–H and O–H groups in total. The monoisotopic (exact) mass is 348 g/mol. The number of nitrogens with one attached hydrogen (secondary N) is 2. The molecule has 1 unspecified atom stereocenters. The highest BCUT2D eigenvalue weighted by molar-refractivity contribution is 5.91. The third kappa shape index (κ3) is 5.87. The fourth-order valence-electron chi connectivity index (χ4n) is 2.30. The standard InChI is InChI=1S/C19H24N2O2.ClH/c1-14-13-17(23-15(2)16-7-5-4-6-8-16)9-10-18(14)21-19(22)11-12-20-3;/h4-10,13,15,20H,11-12H2,1-3H3,(H,21,22);1H. The van der Waals surface area contributed by atoms with Gasteiger partial charge in [0.05, 0.1) is 0 Å². The second-order valence-electron chi connectivity index (χ2n) is 5.55. The molecular weight excluding hydrogens is 324 g/mol. The number of aryl methyl sites for hydroxylation is 1. The Kier molecular flexibility index (Phi) is 8.30. The van der Waals surface area contributed by atoms with Gasteiger partial charge in [-0.05, 0) is 50.2 Å². The van der Waals surface area contributed by atoms with Crippen LogP contribution in [-0.4, -0.2) is 19.5 Å². The van der Waals surface area contributed by atoms with Crippen LogP contribution < -0.4 is 15.4 Å². The number of ether oxygens (including phenoxy) is 1. The van der Waals surface area contributed by atoms with E-state index < -0.39 is 0 Å². The van der Waals surface area contributed by atoms with E-state index in [1.54, 1.807) is 0 Å². The van der Waals surface area contributed by atoms with E-state index in [4.69, 9.17) is 4.74 Å². The molecule has 0 saturated carbocycles. The van der Waals surface area contributed by atoms with Crippen LogP contribution in [0.4, 0.5) is 5.69 Å². The Morgan fingerprint density at radius 1 is 1.17 bits per heavy atom. The Balaban J connectivity index is 0.00000288. The van der Waals surface area contributed by atoms with Crippen LogP contribution in [0.15, 0.2) is 48.5 Å². The molecule has 2 aromatic carbocycles. The molecule has 0 aromatic heterocycles. The largest absolute Gasteiger partial charge is 0.486 e. The minimum absolute atomic E-state index is 0. The van der Waals surface area contributed by atoms with Gasteiger partial charge < -0.3 is 15.4 Å². The summed E-state index contributed by atoms with van der Waals surface area (Å²) in [7, 11) is 1.83. The predicted molar refractivity (Wildman–Crippen MR) is 101 cm³/mol. The Labute approximate surface area is 150 Å². The molecule has 0 saturated heterocycles. The van der Waals surface area contributed by atoms with E-state index in [2.05, 4.69) is 10.6 Å². The van der Waals surface area contributed by atoms with Crippen molar-refractivity contribution in [3.63, 3.8) is 0 Å². The third-order valence-corrected chi connectivity index (χ3v) is 3.66. The molecule has 0 aliphatic carbocycles. The molecular formula is C19H25ClN2O2. The molecule has 0 heterocycles.